The van der Waals surface area contributed by atoms with Crippen LogP contribution in [-0.4, -0.2) is 19.0 Å². The molecule has 2 N–H and O–H groups in total. The van der Waals surface area contributed by atoms with Gasteiger partial charge in [-0.15, -0.1) is 0 Å². The van der Waals surface area contributed by atoms with E-state index < -0.39 is 0 Å². The van der Waals surface area contributed by atoms with Crippen LogP contribution < -0.4 is 10.6 Å². The number of benzene rings is 1. The predicted molar refractivity (Wildman–Crippen MR) is 77.2 cm³/mol. The van der Waals surface area contributed by atoms with Gasteiger partial charge in [-0.05, 0) is 37.1 Å². The van der Waals surface area contributed by atoms with Gasteiger partial charge >= 0.3 is 0 Å². The van der Waals surface area contributed by atoms with Crippen LogP contribution in [0.25, 0.3) is 0 Å². The Hall–Kier alpha value is -1.10. The molecule has 0 bridgehead atoms. The number of halogens is 2. The van der Waals surface area contributed by atoms with Crippen molar-refractivity contribution in [3.05, 3.63) is 34.1 Å². The molecule has 0 fully saturated rings. The van der Waals surface area contributed by atoms with Crippen LogP contribution >= 0.6 is 15.9 Å². The highest BCUT2D eigenvalue weighted by molar-refractivity contribution is 9.10. The lowest BCUT2D eigenvalue weighted by Gasteiger charge is -2.16. The maximum absolute atomic E-state index is 13.2. The van der Waals surface area contributed by atoms with Gasteiger partial charge in [0.2, 0.25) is 0 Å². The molecular weight excluding hydrogens is 297 g/mol. The Morgan fingerprint density at radius 1 is 1.44 bits per heavy atom. The summed E-state index contributed by atoms with van der Waals surface area (Å²) in [5.41, 5.74) is 0.869. The van der Waals surface area contributed by atoms with Crippen LogP contribution in [0, 0.1) is 5.82 Å². The minimum absolute atomic E-state index is 0.244. The van der Waals surface area contributed by atoms with Crippen LogP contribution in [0.5, 0.6) is 0 Å². The third kappa shape index (κ3) is 5.04. The lowest BCUT2D eigenvalue weighted by atomic mass is 10.2. The zero-order valence-corrected chi connectivity index (χ0v) is 12.5. The van der Waals surface area contributed by atoms with Gasteiger partial charge < -0.3 is 10.6 Å². The Morgan fingerprint density at radius 2 is 2.17 bits per heavy atom. The van der Waals surface area contributed by atoms with Gasteiger partial charge in [-0.25, -0.2) is 4.39 Å². The topological polar surface area (TPSA) is 36.4 Å². The summed E-state index contributed by atoms with van der Waals surface area (Å²) in [4.78, 5) is 4.12. The van der Waals surface area contributed by atoms with Crippen molar-refractivity contribution in [2.45, 2.75) is 32.9 Å². The third-order valence-electron chi connectivity index (χ3n) is 2.60. The number of nitrogens with one attached hydrogen (secondary N) is 2. The van der Waals surface area contributed by atoms with Crippen molar-refractivity contribution in [2.75, 3.05) is 7.05 Å². The summed E-state index contributed by atoms with van der Waals surface area (Å²) >= 11 is 3.27. The van der Waals surface area contributed by atoms with Crippen LogP contribution in [0.1, 0.15) is 25.8 Å². The number of guanidine groups is 1. The van der Waals surface area contributed by atoms with E-state index >= 15 is 0 Å². The van der Waals surface area contributed by atoms with E-state index in [2.05, 4.69) is 45.4 Å². The molecule has 0 aliphatic carbocycles. The molecule has 1 aromatic carbocycles. The highest BCUT2D eigenvalue weighted by Crippen LogP contribution is 2.14. The first kappa shape index (κ1) is 15.0. The lowest BCUT2D eigenvalue weighted by molar-refractivity contribution is 0.617. The molecule has 1 aromatic rings. The van der Waals surface area contributed by atoms with E-state index in [0.29, 0.717) is 12.6 Å². The molecule has 18 heavy (non-hydrogen) atoms. The largest absolute Gasteiger partial charge is 0.354 e. The molecule has 1 unspecified atom stereocenters. The first-order valence-electron chi connectivity index (χ1n) is 5.97. The average Bonchev–Trinajstić information content (AvgIpc) is 2.32. The van der Waals surface area contributed by atoms with Crippen LogP contribution in [-0.2, 0) is 6.54 Å². The quantitative estimate of drug-likeness (QED) is 0.662. The number of hydrogen-bond donors (Lipinski definition) is 2. The monoisotopic (exact) mass is 315 g/mol. The summed E-state index contributed by atoms with van der Waals surface area (Å²) < 4.78 is 13.9. The second-order valence-corrected chi connectivity index (χ2v) is 5.07. The van der Waals surface area contributed by atoms with Gasteiger partial charge in [0, 0.05) is 24.1 Å². The fourth-order valence-corrected chi connectivity index (χ4v) is 1.94. The number of hydrogen-bond acceptors (Lipinski definition) is 1. The van der Waals surface area contributed by atoms with E-state index in [9.17, 15) is 4.39 Å². The third-order valence-corrected chi connectivity index (χ3v) is 3.06. The van der Waals surface area contributed by atoms with Crippen LogP contribution in [0.3, 0.4) is 0 Å². The van der Waals surface area contributed by atoms with Crippen molar-refractivity contribution in [3.63, 3.8) is 0 Å². The summed E-state index contributed by atoms with van der Waals surface area (Å²) in [5, 5.41) is 6.41. The van der Waals surface area contributed by atoms with Crippen molar-refractivity contribution < 1.29 is 4.39 Å². The van der Waals surface area contributed by atoms with Gasteiger partial charge in [0.05, 0.1) is 0 Å². The average molecular weight is 316 g/mol. The summed E-state index contributed by atoms with van der Waals surface area (Å²) in [6, 6.07) is 5.19. The molecule has 0 saturated carbocycles. The molecule has 0 aromatic heterocycles. The molecule has 1 atom stereocenters. The summed E-state index contributed by atoms with van der Waals surface area (Å²) in [6.45, 7) is 4.73. The highest BCUT2D eigenvalue weighted by Gasteiger charge is 2.04. The molecule has 100 valence electrons. The Bertz CT molecular complexity index is 400. The highest BCUT2D eigenvalue weighted by atomic mass is 79.9. The molecule has 0 radical (unpaired) electrons. The van der Waals surface area contributed by atoms with E-state index in [1.165, 1.54) is 12.1 Å². The first-order valence-corrected chi connectivity index (χ1v) is 6.76. The lowest BCUT2D eigenvalue weighted by Crippen LogP contribution is -2.41. The van der Waals surface area contributed by atoms with Crippen molar-refractivity contribution >= 4 is 21.9 Å². The van der Waals surface area contributed by atoms with Crippen molar-refractivity contribution in [1.82, 2.24) is 10.6 Å². The van der Waals surface area contributed by atoms with Gasteiger partial charge in [-0.2, -0.15) is 0 Å². The van der Waals surface area contributed by atoms with E-state index in [0.717, 1.165) is 22.4 Å². The Kier molecular flexibility index (Phi) is 6.12. The molecule has 0 heterocycles. The standard InChI is InChI=1S/C13H19BrFN3/c1-4-9(2)18-13(16-3)17-8-10-5-11(14)7-12(15)6-10/h5-7,9H,4,8H2,1-3H3,(H2,16,17,18). The normalized spacial score (nSPS) is 13.3. The molecule has 3 nitrogen and oxygen atoms in total. The zero-order valence-electron chi connectivity index (χ0n) is 10.9. The van der Waals surface area contributed by atoms with Crippen LogP contribution in [0.2, 0.25) is 0 Å². The minimum Gasteiger partial charge on any atom is -0.354 e. The second kappa shape index (κ2) is 7.36. The molecule has 0 spiro atoms. The van der Waals surface area contributed by atoms with E-state index in [1.807, 2.05) is 6.07 Å². The zero-order chi connectivity index (χ0) is 13.5. The maximum atomic E-state index is 13.2. The molecule has 0 saturated heterocycles. The van der Waals surface area contributed by atoms with Crippen molar-refractivity contribution in [3.8, 4) is 0 Å². The Balaban J connectivity index is 2.57. The fourth-order valence-electron chi connectivity index (χ4n) is 1.43. The fraction of sp³-hybridized carbons (Fsp3) is 0.462. The van der Waals surface area contributed by atoms with Crippen molar-refractivity contribution in [1.29, 1.82) is 0 Å². The summed E-state index contributed by atoms with van der Waals surface area (Å²) in [5.74, 6) is 0.482. The molecule has 0 aliphatic heterocycles. The van der Waals surface area contributed by atoms with Gasteiger partial charge in [0.15, 0.2) is 5.96 Å². The van der Waals surface area contributed by atoms with Gasteiger partial charge in [0.1, 0.15) is 5.82 Å². The Morgan fingerprint density at radius 3 is 2.72 bits per heavy atom. The Labute approximate surface area is 116 Å². The maximum Gasteiger partial charge on any atom is 0.191 e. The predicted octanol–water partition coefficient (Wildman–Crippen LogP) is 3.05. The van der Waals surface area contributed by atoms with Crippen molar-refractivity contribution in [2.24, 2.45) is 4.99 Å². The first-order chi connectivity index (χ1) is 8.55. The van der Waals surface area contributed by atoms with E-state index in [1.54, 1.807) is 7.05 Å². The molecular formula is C13H19BrFN3. The number of rotatable bonds is 4. The molecule has 5 heteroatoms. The summed E-state index contributed by atoms with van der Waals surface area (Å²) in [7, 11) is 1.72. The smallest absolute Gasteiger partial charge is 0.191 e. The molecule has 1 rings (SSSR count). The molecule has 0 amide bonds. The number of nitrogens with zero attached hydrogens (tertiary/aromatic N) is 1. The second-order valence-electron chi connectivity index (χ2n) is 4.16. The molecule has 0 aliphatic rings. The van der Waals surface area contributed by atoms with Gasteiger partial charge in [-0.1, -0.05) is 22.9 Å². The minimum atomic E-state index is -0.244. The van der Waals surface area contributed by atoms with E-state index in [4.69, 9.17) is 0 Å². The van der Waals surface area contributed by atoms with Gasteiger partial charge in [0.25, 0.3) is 0 Å². The SMILES string of the molecule is CCC(C)NC(=NC)NCc1cc(F)cc(Br)c1. The van der Waals surface area contributed by atoms with Gasteiger partial charge in [-0.3, -0.25) is 4.99 Å². The van der Waals surface area contributed by atoms with Crippen LogP contribution in [0.15, 0.2) is 27.7 Å². The summed E-state index contributed by atoms with van der Waals surface area (Å²) in [6.07, 6.45) is 1.02. The van der Waals surface area contributed by atoms with E-state index in [-0.39, 0.29) is 5.82 Å². The van der Waals surface area contributed by atoms with Crippen LogP contribution in [0.4, 0.5) is 4.39 Å². The number of aliphatic imine (C=N–C) groups is 1.